The van der Waals surface area contributed by atoms with Crippen molar-refractivity contribution in [3.05, 3.63) is 150 Å². The van der Waals surface area contributed by atoms with Gasteiger partial charge in [0.15, 0.2) is 11.5 Å². The number of methoxy groups -OCH3 is 1. The number of rotatable bonds is 12. The molecular formula is C36H34N4O3. The van der Waals surface area contributed by atoms with E-state index in [0.717, 1.165) is 22.3 Å². The predicted molar refractivity (Wildman–Crippen MR) is 171 cm³/mol. The third-order valence-electron chi connectivity index (χ3n) is 7.06. The van der Waals surface area contributed by atoms with Gasteiger partial charge in [-0.2, -0.15) is 0 Å². The Bertz CT molecular complexity index is 1660. The number of carbonyl (C=O) groups is 1. The fourth-order valence-electron chi connectivity index (χ4n) is 4.67. The molecule has 43 heavy (non-hydrogen) atoms. The normalized spacial score (nSPS) is 11.3. The van der Waals surface area contributed by atoms with Crippen LogP contribution in [-0.4, -0.2) is 18.9 Å². The standard InChI is InChI=1S/C36H34N4O3/c1-42-33-22-30(18-21-32(33)43-24-26-12-14-28(15-13-26)27-10-6-3-7-11-27)34(36(41)39-23-25-8-4-2-5-9-25)40-31-19-16-29(17-20-31)35(37)38/h2-22,34,40H,23-24H2,1H3,(H3,37,38)(H,39,41). The van der Waals surface area contributed by atoms with Crippen molar-refractivity contribution in [2.45, 2.75) is 19.2 Å². The van der Waals surface area contributed by atoms with Gasteiger partial charge in [0, 0.05) is 17.8 Å². The Kier molecular flexibility index (Phi) is 9.34. The average molecular weight is 571 g/mol. The summed E-state index contributed by atoms with van der Waals surface area (Å²) in [7, 11) is 1.58. The molecule has 0 fully saturated rings. The molecule has 0 aliphatic carbocycles. The second-order valence-corrected chi connectivity index (χ2v) is 10.0. The Morgan fingerprint density at radius 1 is 0.767 bits per heavy atom. The molecule has 5 aromatic carbocycles. The first-order chi connectivity index (χ1) is 21.0. The van der Waals surface area contributed by atoms with Crippen molar-refractivity contribution in [1.82, 2.24) is 5.32 Å². The summed E-state index contributed by atoms with van der Waals surface area (Å²) in [6.07, 6.45) is 0. The minimum absolute atomic E-state index is 0.0174. The number of anilines is 1. The molecule has 1 amide bonds. The van der Waals surface area contributed by atoms with Crippen LogP contribution < -0.4 is 25.8 Å². The number of hydrogen-bond acceptors (Lipinski definition) is 5. The molecule has 1 atom stereocenters. The van der Waals surface area contributed by atoms with Gasteiger partial charge in [-0.15, -0.1) is 0 Å². The molecule has 0 aromatic heterocycles. The lowest BCUT2D eigenvalue weighted by Gasteiger charge is -2.22. The zero-order valence-electron chi connectivity index (χ0n) is 23.9. The Balaban J connectivity index is 1.33. The summed E-state index contributed by atoms with van der Waals surface area (Å²) in [6, 6.07) is 40.1. The lowest BCUT2D eigenvalue weighted by molar-refractivity contribution is -0.122. The highest BCUT2D eigenvalue weighted by Gasteiger charge is 2.22. The summed E-state index contributed by atoms with van der Waals surface area (Å²) in [5.41, 5.74) is 12.0. The highest BCUT2D eigenvalue weighted by Crippen LogP contribution is 2.33. The largest absolute Gasteiger partial charge is 0.493 e. The van der Waals surface area contributed by atoms with Crippen molar-refractivity contribution in [1.29, 1.82) is 5.41 Å². The first-order valence-electron chi connectivity index (χ1n) is 14.0. The number of amides is 1. The van der Waals surface area contributed by atoms with Crippen molar-refractivity contribution < 1.29 is 14.3 Å². The number of amidine groups is 1. The van der Waals surface area contributed by atoms with Crippen LogP contribution in [0.3, 0.4) is 0 Å². The van der Waals surface area contributed by atoms with E-state index in [0.29, 0.717) is 41.5 Å². The average Bonchev–Trinajstić information content (AvgIpc) is 3.06. The van der Waals surface area contributed by atoms with Crippen molar-refractivity contribution in [3.63, 3.8) is 0 Å². The van der Waals surface area contributed by atoms with Gasteiger partial charge in [0.1, 0.15) is 18.5 Å². The molecule has 0 radical (unpaired) electrons. The van der Waals surface area contributed by atoms with Crippen LogP contribution in [0, 0.1) is 5.41 Å². The second-order valence-electron chi connectivity index (χ2n) is 10.0. The van der Waals surface area contributed by atoms with Crippen LogP contribution in [0.5, 0.6) is 11.5 Å². The van der Waals surface area contributed by atoms with E-state index in [9.17, 15) is 4.79 Å². The van der Waals surface area contributed by atoms with Crippen LogP contribution in [0.4, 0.5) is 5.69 Å². The van der Waals surface area contributed by atoms with Crippen molar-refractivity contribution in [2.24, 2.45) is 5.73 Å². The highest BCUT2D eigenvalue weighted by atomic mass is 16.5. The molecule has 0 spiro atoms. The SMILES string of the molecule is COc1cc(C(Nc2ccc(C(=N)N)cc2)C(=O)NCc2ccccc2)ccc1OCc1ccc(-c2ccccc2)cc1. The van der Waals surface area contributed by atoms with E-state index in [1.54, 1.807) is 31.4 Å². The monoisotopic (exact) mass is 570 g/mol. The summed E-state index contributed by atoms with van der Waals surface area (Å²) in [4.78, 5) is 13.5. The van der Waals surface area contributed by atoms with Gasteiger partial charge < -0.3 is 25.8 Å². The zero-order valence-corrected chi connectivity index (χ0v) is 23.9. The van der Waals surface area contributed by atoms with E-state index < -0.39 is 6.04 Å². The number of benzene rings is 5. The molecule has 5 N–H and O–H groups in total. The maximum absolute atomic E-state index is 13.5. The minimum atomic E-state index is -0.722. The molecule has 0 saturated carbocycles. The zero-order chi connectivity index (χ0) is 30.0. The number of nitrogens with two attached hydrogens (primary N) is 1. The van der Waals surface area contributed by atoms with Gasteiger partial charge >= 0.3 is 0 Å². The molecule has 5 rings (SSSR count). The minimum Gasteiger partial charge on any atom is -0.493 e. The maximum atomic E-state index is 13.5. The van der Waals surface area contributed by atoms with Crippen LogP contribution >= 0.6 is 0 Å². The lowest BCUT2D eigenvalue weighted by atomic mass is 10.0. The number of nitrogen functional groups attached to an aromatic ring is 1. The van der Waals surface area contributed by atoms with Crippen LogP contribution in [0.25, 0.3) is 11.1 Å². The fraction of sp³-hybridized carbons (Fsp3) is 0.111. The van der Waals surface area contributed by atoms with Crippen molar-refractivity contribution in [3.8, 4) is 22.6 Å². The lowest BCUT2D eigenvalue weighted by Crippen LogP contribution is -2.33. The van der Waals surface area contributed by atoms with Gasteiger partial charge in [0.05, 0.1) is 7.11 Å². The van der Waals surface area contributed by atoms with Crippen molar-refractivity contribution in [2.75, 3.05) is 12.4 Å². The van der Waals surface area contributed by atoms with Gasteiger partial charge in [-0.1, -0.05) is 91.0 Å². The topological polar surface area (TPSA) is 109 Å². The van der Waals surface area contributed by atoms with Crippen LogP contribution in [-0.2, 0) is 17.9 Å². The van der Waals surface area contributed by atoms with Gasteiger partial charge in [0.2, 0.25) is 5.91 Å². The second kappa shape index (κ2) is 13.9. The Labute approximate surface area is 251 Å². The van der Waals surface area contributed by atoms with E-state index >= 15 is 0 Å². The summed E-state index contributed by atoms with van der Waals surface area (Å²) in [5, 5.41) is 14.0. The molecule has 7 heteroatoms. The maximum Gasteiger partial charge on any atom is 0.247 e. The fourth-order valence-corrected chi connectivity index (χ4v) is 4.67. The summed E-state index contributed by atoms with van der Waals surface area (Å²) >= 11 is 0. The van der Waals surface area contributed by atoms with Crippen LogP contribution in [0.15, 0.2) is 127 Å². The Hall–Kier alpha value is -5.56. The molecular weight excluding hydrogens is 536 g/mol. The van der Waals surface area contributed by atoms with E-state index in [1.807, 2.05) is 66.7 Å². The smallest absolute Gasteiger partial charge is 0.247 e. The first-order valence-corrected chi connectivity index (χ1v) is 14.0. The Morgan fingerprint density at radius 3 is 2.07 bits per heavy atom. The third-order valence-corrected chi connectivity index (χ3v) is 7.06. The molecule has 5 aromatic rings. The summed E-state index contributed by atoms with van der Waals surface area (Å²) in [5.74, 6) is 0.880. The van der Waals surface area contributed by atoms with Gasteiger partial charge in [-0.25, -0.2) is 0 Å². The van der Waals surface area contributed by atoms with Crippen LogP contribution in [0.2, 0.25) is 0 Å². The molecule has 0 aliphatic heterocycles. The molecule has 0 aliphatic rings. The molecule has 1 unspecified atom stereocenters. The number of hydrogen-bond donors (Lipinski definition) is 4. The molecule has 7 nitrogen and oxygen atoms in total. The summed E-state index contributed by atoms with van der Waals surface area (Å²) < 4.78 is 11.8. The molecule has 216 valence electrons. The van der Waals surface area contributed by atoms with Gasteiger partial charge in [0.25, 0.3) is 0 Å². The quantitative estimate of drug-likeness (QED) is 0.0987. The van der Waals surface area contributed by atoms with Crippen molar-refractivity contribution >= 4 is 17.4 Å². The first kappa shape index (κ1) is 29.0. The number of ether oxygens (including phenoxy) is 2. The van der Waals surface area contributed by atoms with Crippen LogP contribution in [0.1, 0.15) is 28.3 Å². The molecule has 0 saturated heterocycles. The van der Waals surface area contributed by atoms with E-state index in [4.69, 9.17) is 20.6 Å². The summed E-state index contributed by atoms with van der Waals surface area (Å²) in [6.45, 7) is 0.759. The van der Waals surface area contributed by atoms with E-state index in [1.165, 1.54) is 0 Å². The van der Waals surface area contributed by atoms with E-state index in [2.05, 4.69) is 47.0 Å². The number of nitrogens with one attached hydrogen (secondary N) is 3. The predicted octanol–water partition coefficient (Wildman–Crippen LogP) is 6.69. The third kappa shape index (κ3) is 7.59. The Morgan fingerprint density at radius 2 is 1.42 bits per heavy atom. The van der Waals surface area contributed by atoms with Gasteiger partial charge in [-0.05, 0) is 64.2 Å². The van der Waals surface area contributed by atoms with Gasteiger partial charge in [-0.3, -0.25) is 10.2 Å². The molecule has 0 heterocycles. The number of carbonyl (C=O) groups excluding carboxylic acids is 1. The highest BCUT2D eigenvalue weighted by molar-refractivity contribution is 5.95. The van der Waals surface area contributed by atoms with E-state index in [-0.39, 0.29) is 11.7 Å². The molecule has 0 bridgehead atoms.